The van der Waals surface area contributed by atoms with Crippen molar-refractivity contribution >= 4 is 37.6 Å². The predicted molar refractivity (Wildman–Crippen MR) is 96.7 cm³/mol. The van der Waals surface area contributed by atoms with Crippen LogP contribution in [0.15, 0.2) is 0 Å². The Kier molecular flexibility index (Phi) is 8.23. The number of amides is 1. The number of carbonyl (C=O) groups excluding carboxylic acids is 1. The number of nitrogens with one attached hydrogen (secondary N) is 1. The first-order chi connectivity index (χ1) is 9.73. The Balaban J connectivity index is 4.92. The molecule has 0 aliphatic heterocycles. The molecule has 0 aromatic rings. The van der Waals surface area contributed by atoms with Gasteiger partial charge in [0.1, 0.15) is 5.60 Å². The molecule has 0 saturated carbocycles. The number of alkyl carbamates (subject to hydrolysis) is 1. The Labute approximate surface area is 146 Å². The largest absolute Gasteiger partial charge is 0.444 e. The van der Waals surface area contributed by atoms with Crippen molar-refractivity contribution in [2.45, 2.75) is 77.4 Å². The van der Waals surface area contributed by atoms with Crippen molar-refractivity contribution in [3.05, 3.63) is 0 Å². The first-order valence-corrected chi connectivity index (χ1v) is 11.5. The zero-order valence-corrected chi connectivity index (χ0v) is 17.6. The maximum absolute atomic E-state index is 11.9. The lowest BCUT2D eigenvalue weighted by atomic mass is 10.2. The summed E-state index contributed by atoms with van der Waals surface area (Å²) in [5, 5.41) is 2.82. The van der Waals surface area contributed by atoms with Gasteiger partial charge in [0.05, 0.1) is 12.1 Å². The van der Waals surface area contributed by atoms with Crippen molar-refractivity contribution in [2.24, 2.45) is 0 Å². The summed E-state index contributed by atoms with van der Waals surface area (Å²) in [6.45, 7) is 16.2. The van der Waals surface area contributed by atoms with Crippen LogP contribution in [0.4, 0.5) is 4.79 Å². The molecule has 0 aromatic carbocycles. The summed E-state index contributed by atoms with van der Waals surface area (Å²) in [6, 6.07) is -0.386. The maximum Gasteiger partial charge on any atom is 0.408 e. The zero-order valence-electron chi connectivity index (χ0n) is 15.0. The molecule has 0 spiro atoms. The van der Waals surface area contributed by atoms with Gasteiger partial charge < -0.3 is 14.5 Å². The lowest BCUT2D eigenvalue weighted by Crippen LogP contribution is -2.53. The van der Waals surface area contributed by atoms with Crippen LogP contribution in [0, 0.1) is 0 Å². The first kappa shape index (κ1) is 22.0. The van der Waals surface area contributed by atoms with E-state index in [1.807, 2.05) is 20.8 Å². The van der Waals surface area contributed by atoms with Crippen LogP contribution >= 0.6 is 23.2 Å². The Morgan fingerprint density at radius 2 is 1.59 bits per heavy atom. The summed E-state index contributed by atoms with van der Waals surface area (Å²) in [4.78, 5) is 11.9. The first-order valence-electron chi connectivity index (χ1n) is 7.53. The molecule has 4 nitrogen and oxygen atoms in total. The highest BCUT2D eigenvalue weighted by Gasteiger charge is 2.41. The van der Waals surface area contributed by atoms with Gasteiger partial charge in [-0.05, 0) is 38.9 Å². The average molecular weight is 372 g/mol. The minimum absolute atomic E-state index is 0.0556. The highest BCUT2D eigenvalue weighted by Crippen LogP contribution is 2.37. The van der Waals surface area contributed by atoms with Crippen LogP contribution in [0.1, 0.15) is 41.5 Å². The van der Waals surface area contributed by atoms with E-state index in [9.17, 15) is 4.79 Å². The predicted octanol–water partition coefficient (Wildman–Crippen LogP) is 4.75. The molecule has 0 aromatic heterocycles. The molecule has 2 atom stereocenters. The van der Waals surface area contributed by atoms with Gasteiger partial charge in [0, 0.05) is 11.8 Å². The third-order valence-electron chi connectivity index (χ3n) is 3.72. The van der Waals surface area contributed by atoms with Crippen molar-refractivity contribution in [3.63, 3.8) is 0 Å². The smallest absolute Gasteiger partial charge is 0.408 e. The highest BCUT2D eigenvalue weighted by molar-refractivity contribution is 6.74. The summed E-state index contributed by atoms with van der Waals surface area (Å²) < 4.78 is 11.6. The van der Waals surface area contributed by atoms with Gasteiger partial charge in [0.15, 0.2) is 8.32 Å². The van der Waals surface area contributed by atoms with Gasteiger partial charge in [-0.15, -0.1) is 23.2 Å². The number of hydrogen-bond acceptors (Lipinski definition) is 3. The normalized spacial score (nSPS) is 16.1. The second kappa shape index (κ2) is 8.22. The van der Waals surface area contributed by atoms with E-state index in [0.29, 0.717) is 0 Å². The zero-order chi connectivity index (χ0) is 17.8. The molecule has 0 radical (unpaired) electrons. The highest BCUT2D eigenvalue weighted by atomic mass is 35.5. The Hall–Kier alpha value is 0.0269. The molecular weight excluding hydrogens is 341 g/mol. The topological polar surface area (TPSA) is 47.6 Å². The van der Waals surface area contributed by atoms with E-state index in [0.717, 1.165) is 0 Å². The second-order valence-corrected chi connectivity index (χ2v) is 13.4. The van der Waals surface area contributed by atoms with E-state index in [1.165, 1.54) is 0 Å². The number of halogens is 2. The molecule has 132 valence electrons. The lowest BCUT2D eigenvalue weighted by molar-refractivity contribution is 0.0460. The molecule has 0 heterocycles. The van der Waals surface area contributed by atoms with E-state index >= 15 is 0 Å². The maximum atomic E-state index is 11.9. The van der Waals surface area contributed by atoms with Crippen LogP contribution in [0.5, 0.6) is 0 Å². The molecule has 7 heteroatoms. The fourth-order valence-electron chi connectivity index (χ4n) is 1.47. The third-order valence-corrected chi connectivity index (χ3v) is 8.86. The number of rotatable bonds is 6. The summed E-state index contributed by atoms with van der Waals surface area (Å²) in [5.41, 5.74) is -0.558. The quantitative estimate of drug-likeness (QED) is 0.541. The summed E-state index contributed by atoms with van der Waals surface area (Å²) in [6.07, 6.45) is -0.848. The molecular formula is C15H31Cl2NO3Si. The van der Waals surface area contributed by atoms with Gasteiger partial charge in [-0.1, -0.05) is 20.8 Å². The van der Waals surface area contributed by atoms with Crippen molar-refractivity contribution in [1.82, 2.24) is 5.32 Å². The molecule has 0 bridgehead atoms. The van der Waals surface area contributed by atoms with E-state index in [2.05, 4.69) is 39.2 Å². The lowest BCUT2D eigenvalue weighted by Gasteiger charge is -2.40. The molecule has 0 saturated heterocycles. The van der Waals surface area contributed by atoms with Crippen molar-refractivity contribution in [2.75, 3.05) is 11.8 Å². The number of hydrogen-bond donors (Lipinski definition) is 1. The van der Waals surface area contributed by atoms with Gasteiger partial charge in [0.25, 0.3) is 0 Å². The standard InChI is InChI=1S/C15H31Cl2NO3Si/c1-14(2,3)20-13(19)18-11(9-16)12(10-17)21-22(7,8)15(4,5)6/h11-12H,9-10H2,1-8H3,(H,18,19)/t11-,12+/m0/s1. The van der Waals surface area contributed by atoms with Crippen LogP contribution in [-0.4, -0.2) is 43.9 Å². The number of ether oxygens (including phenoxy) is 1. The number of carbonyl (C=O) groups is 1. The van der Waals surface area contributed by atoms with Gasteiger partial charge in [-0.3, -0.25) is 0 Å². The fourth-order valence-corrected chi connectivity index (χ4v) is 3.48. The van der Waals surface area contributed by atoms with Crippen molar-refractivity contribution in [3.8, 4) is 0 Å². The average Bonchev–Trinajstić information content (AvgIpc) is 2.29. The molecule has 0 rings (SSSR count). The summed E-state index contributed by atoms with van der Waals surface area (Å²) in [5.74, 6) is 0.477. The van der Waals surface area contributed by atoms with Crippen LogP contribution in [0.2, 0.25) is 18.1 Å². The molecule has 22 heavy (non-hydrogen) atoms. The Bertz CT molecular complexity index is 365. The van der Waals surface area contributed by atoms with Gasteiger partial charge in [-0.2, -0.15) is 0 Å². The molecule has 0 fully saturated rings. The summed E-state index contributed by atoms with van der Waals surface area (Å²) >= 11 is 12.1. The Morgan fingerprint density at radius 1 is 1.09 bits per heavy atom. The van der Waals surface area contributed by atoms with Crippen LogP contribution in [0.3, 0.4) is 0 Å². The van der Waals surface area contributed by atoms with Gasteiger partial charge >= 0.3 is 6.09 Å². The minimum Gasteiger partial charge on any atom is -0.444 e. The SMILES string of the molecule is CC(C)(C)OC(=O)N[C@@H](CCl)[C@@H](CCl)O[Si](C)(C)C(C)(C)C. The molecule has 0 aliphatic rings. The van der Waals surface area contributed by atoms with Crippen molar-refractivity contribution < 1.29 is 14.0 Å². The van der Waals surface area contributed by atoms with Crippen LogP contribution in [-0.2, 0) is 9.16 Å². The second-order valence-electron chi connectivity index (χ2n) is 7.98. The van der Waals surface area contributed by atoms with Gasteiger partial charge in [-0.25, -0.2) is 4.79 Å². The van der Waals surface area contributed by atoms with Crippen LogP contribution in [0.25, 0.3) is 0 Å². The fraction of sp³-hybridized carbons (Fsp3) is 0.933. The van der Waals surface area contributed by atoms with Crippen molar-refractivity contribution in [1.29, 1.82) is 0 Å². The van der Waals surface area contributed by atoms with E-state index in [4.69, 9.17) is 32.4 Å². The monoisotopic (exact) mass is 371 g/mol. The molecule has 1 N–H and O–H groups in total. The van der Waals surface area contributed by atoms with E-state index in [-0.39, 0.29) is 28.9 Å². The summed E-state index contributed by atoms with van der Waals surface area (Å²) in [7, 11) is -2.00. The van der Waals surface area contributed by atoms with Gasteiger partial charge in [0.2, 0.25) is 0 Å². The molecule has 1 amide bonds. The molecule has 0 unspecified atom stereocenters. The van der Waals surface area contributed by atoms with E-state index in [1.54, 1.807) is 0 Å². The minimum atomic E-state index is -2.00. The number of alkyl halides is 2. The van der Waals surface area contributed by atoms with E-state index < -0.39 is 20.0 Å². The third kappa shape index (κ3) is 7.53. The van der Waals surface area contributed by atoms with Crippen LogP contribution < -0.4 is 5.32 Å². The Morgan fingerprint density at radius 3 is 1.91 bits per heavy atom. The molecule has 0 aliphatic carbocycles.